The van der Waals surface area contributed by atoms with E-state index in [2.05, 4.69) is 4.98 Å². The second kappa shape index (κ2) is 2.98. The average Bonchev–Trinajstić information content (AvgIpc) is 2.56. The van der Waals surface area contributed by atoms with Crippen LogP contribution in [0.1, 0.15) is 44.3 Å². The molecule has 1 aromatic heterocycles. The number of anilines is 1. The van der Waals surface area contributed by atoms with Gasteiger partial charge in [0.1, 0.15) is 0 Å². The number of nitrogens with zero attached hydrogens (tertiary/aromatic N) is 1. The summed E-state index contributed by atoms with van der Waals surface area (Å²) in [7, 11) is 0. The van der Waals surface area contributed by atoms with Gasteiger partial charge in [-0.25, -0.2) is 0 Å². The molecule has 17 heavy (non-hydrogen) atoms. The smallest absolute Gasteiger partial charge is 0.295 e. The highest BCUT2D eigenvalue weighted by Crippen LogP contribution is 2.61. The number of rotatable bonds is 1. The largest absolute Gasteiger partial charge is 0.491 e. The molecule has 0 unspecified atom stereocenters. The number of hydrogen-bond donors (Lipinski definition) is 2. The molecular formula is C13H18N2O2. The van der Waals surface area contributed by atoms with Crippen LogP contribution in [-0.2, 0) is 5.41 Å². The van der Waals surface area contributed by atoms with Gasteiger partial charge in [-0.05, 0) is 56.3 Å². The standard InChI is InChI=1S/C13H18N2O2/c14-12-15-11(16)10(17-12)13-4-7-1-8(5-13)3-9(2-7)6-13/h7-9,16H,1-6H2,(H2,14,15). The molecule has 0 spiro atoms. The lowest BCUT2D eigenvalue weighted by molar-refractivity contribution is -0.0160. The molecule has 0 saturated heterocycles. The number of nitrogens with two attached hydrogens (primary N) is 1. The molecule has 0 aromatic carbocycles. The first-order valence-corrected chi connectivity index (χ1v) is 6.60. The van der Waals surface area contributed by atoms with Crippen molar-refractivity contribution in [2.75, 3.05) is 5.73 Å². The molecule has 4 saturated carbocycles. The van der Waals surface area contributed by atoms with E-state index >= 15 is 0 Å². The van der Waals surface area contributed by atoms with E-state index < -0.39 is 0 Å². The van der Waals surface area contributed by atoms with E-state index in [1.165, 1.54) is 19.3 Å². The van der Waals surface area contributed by atoms with Crippen molar-refractivity contribution in [3.63, 3.8) is 0 Å². The Hall–Kier alpha value is -1.19. The molecule has 4 bridgehead atoms. The van der Waals surface area contributed by atoms with Gasteiger partial charge in [0, 0.05) is 5.41 Å². The van der Waals surface area contributed by atoms with Crippen molar-refractivity contribution in [3.8, 4) is 5.88 Å². The molecule has 4 fully saturated rings. The normalized spacial score (nSPS) is 43.2. The minimum absolute atomic E-state index is 0.0319. The van der Waals surface area contributed by atoms with Crippen molar-refractivity contribution in [2.45, 2.75) is 43.9 Å². The number of nitrogen functional groups attached to an aromatic ring is 1. The summed E-state index contributed by atoms with van der Waals surface area (Å²) in [5.74, 6) is 3.18. The van der Waals surface area contributed by atoms with Gasteiger partial charge in [-0.2, -0.15) is 4.98 Å². The molecule has 4 aliphatic rings. The summed E-state index contributed by atoms with van der Waals surface area (Å²) < 4.78 is 5.52. The second-order valence-electron chi connectivity index (χ2n) is 6.40. The third kappa shape index (κ3) is 1.27. The maximum atomic E-state index is 9.91. The van der Waals surface area contributed by atoms with Crippen LogP contribution in [0.4, 0.5) is 6.01 Å². The van der Waals surface area contributed by atoms with Crippen LogP contribution in [-0.4, -0.2) is 10.1 Å². The van der Waals surface area contributed by atoms with Gasteiger partial charge in [-0.1, -0.05) is 0 Å². The van der Waals surface area contributed by atoms with Crippen LogP contribution in [0.2, 0.25) is 0 Å². The summed E-state index contributed by atoms with van der Waals surface area (Å²) in [6.45, 7) is 0. The lowest BCUT2D eigenvalue weighted by atomic mass is 9.49. The fraction of sp³-hybridized carbons (Fsp3) is 0.769. The minimum Gasteiger partial charge on any atom is -0.491 e. The van der Waals surface area contributed by atoms with Crippen LogP contribution < -0.4 is 5.73 Å². The van der Waals surface area contributed by atoms with E-state index in [4.69, 9.17) is 10.2 Å². The van der Waals surface area contributed by atoms with E-state index in [-0.39, 0.29) is 17.3 Å². The van der Waals surface area contributed by atoms with Gasteiger partial charge >= 0.3 is 0 Å². The Balaban J connectivity index is 1.79. The van der Waals surface area contributed by atoms with Gasteiger partial charge in [0.25, 0.3) is 11.9 Å². The highest BCUT2D eigenvalue weighted by molar-refractivity contribution is 5.32. The molecule has 1 heterocycles. The van der Waals surface area contributed by atoms with Gasteiger partial charge < -0.3 is 15.3 Å². The van der Waals surface area contributed by atoms with Crippen molar-refractivity contribution in [1.29, 1.82) is 0 Å². The minimum atomic E-state index is 0.0319. The van der Waals surface area contributed by atoms with Gasteiger partial charge in [-0.15, -0.1) is 0 Å². The average molecular weight is 234 g/mol. The number of oxazole rings is 1. The highest BCUT2D eigenvalue weighted by Gasteiger charge is 2.54. The van der Waals surface area contributed by atoms with Crippen LogP contribution in [0.25, 0.3) is 0 Å². The Morgan fingerprint density at radius 1 is 1.12 bits per heavy atom. The molecule has 4 aliphatic carbocycles. The number of aromatic nitrogens is 1. The van der Waals surface area contributed by atoms with Crippen molar-refractivity contribution in [3.05, 3.63) is 5.76 Å². The fourth-order valence-electron chi connectivity index (χ4n) is 5.06. The Morgan fingerprint density at radius 2 is 1.65 bits per heavy atom. The monoisotopic (exact) mass is 234 g/mol. The lowest BCUT2D eigenvalue weighted by Gasteiger charge is -2.55. The molecule has 92 valence electrons. The summed E-state index contributed by atoms with van der Waals surface area (Å²) in [6, 6.07) is 0.105. The van der Waals surface area contributed by atoms with Crippen LogP contribution in [0, 0.1) is 17.8 Å². The van der Waals surface area contributed by atoms with Gasteiger partial charge in [0.15, 0.2) is 5.76 Å². The highest BCUT2D eigenvalue weighted by atomic mass is 16.4. The number of hydrogen-bond acceptors (Lipinski definition) is 4. The number of aromatic hydroxyl groups is 1. The Labute approximate surface area is 100 Å². The molecular weight excluding hydrogens is 216 g/mol. The van der Waals surface area contributed by atoms with E-state index in [9.17, 15) is 5.11 Å². The first-order valence-electron chi connectivity index (χ1n) is 6.60. The van der Waals surface area contributed by atoms with Crippen LogP contribution in [0.15, 0.2) is 4.42 Å². The van der Waals surface area contributed by atoms with E-state index in [0.717, 1.165) is 37.0 Å². The molecule has 0 amide bonds. The summed E-state index contributed by atoms with van der Waals surface area (Å²) in [4.78, 5) is 3.83. The molecule has 0 atom stereocenters. The molecule has 4 heteroatoms. The zero-order chi connectivity index (χ0) is 11.6. The maximum Gasteiger partial charge on any atom is 0.295 e. The quantitative estimate of drug-likeness (QED) is 0.782. The molecule has 3 N–H and O–H groups in total. The second-order valence-corrected chi connectivity index (χ2v) is 6.40. The van der Waals surface area contributed by atoms with Crippen molar-refractivity contribution in [2.24, 2.45) is 17.8 Å². The lowest BCUT2D eigenvalue weighted by Crippen LogP contribution is -2.48. The molecule has 0 radical (unpaired) electrons. The van der Waals surface area contributed by atoms with E-state index in [1.807, 2.05) is 0 Å². The van der Waals surface area contributed by atoms with Gasteiger partial charge in [-0.3, -0.25) is 0 Å². The summed E-state index contributed by atoms with van der Waals surface area (Å²) in [5.41, 5.74) is 5.61. The van der Waals surface area contributed by atoms with Gasteiger partial charge in [0.05, 0.1) is 0 Å². The summed E-state index contributed by atoms with van der Waals surface area (Å²) >= 11 is 0. The Morgan fingerprint density at radius 3 is 2.06 bits per heavy atom. The predicted octanol–water partition coefficient (Wildman–Crippen LogP) is 2.43. The molecule has 5 rings (SSSR count). The van der Waals surface area contributed by atoms with E-state index in [0.29, 0.717) is 5.76 Å². The predicted molar refractivity (Wildman–Crippen MR) is 62.4 cm³/mol. The van der Waals surface area contributed by atoms with Crippen molar-refractivity contribution >= 4 is 6.01 Å². The van der Waals surface area contributed by atoms with E-state index in [1.54, 1.807) is 0 Å². The topological polar surface area (TPSA) is 72.3 Å². The third-order valence-electron chi connectivity index (χ3n) is 5.15. The Kier molecular flexibility index (Phi) is 1.72. The summed E-state index contributed by atoms with van der Waals surface area (Å²) in [6.07, 6.45) is 7.60. The summed E-state index contributed by atoms with van der Waals surface area (Å²) in [5, 5.41) is 9.91. The van der Waals surface area contributed by atoms with Crippen molar-refractivity contribution < 1.29 is 9.52 Å². The third-order valence-corrected chi connectivity index (χ3v) is 5.15. The van der Waals surface area contributed by atoms with Crippen LogP contribution in [0.3, 0.4) is 0 Å². The first-order chi connectivity index (χ1) is 8.14. The SMILES string of the molecule is Nc1nc(O)c(C23CC4CC(CC(C4)C2)C3)o1. The van der Waals surface area contributed by atoms with Crippen LogP contribution in [0.5, 0.6) is 5.88 Å². The first kappa shape index (κ1) is 9.80. The molecule has 1 aromatic rings. The fourth-order valence-corrected chi connectivity index (χ4v) is 5.06. The van der Waals surface area contributed by atoms with Gasteiger partial charge in [0.2, 0.25) is 0 Å². The molecule has 0 aliphatic heterocycles. The van der Waals surface area contributed by atoms with Crippen LogP contribution >= 0.6 is 0 Å². The zero-order valence-electron chi connectivity index (χ0n) is 9.85. The van der Waals surface area contributed by atoms with Crippen molar-refractivity contribution in [1.82, 2.24) is 4.98 Å². The Bertz CT molecular complexity index is 431. The zero-order valence-corrected chi connectivity index (χ0v) is 9.85. The maximum absolute atomic E-state index is 9.91. The molecule has 4 nitrogen and oxygen atoms in total.